The summed E-state index contributed by atoms with van der Waals surface area (Å²) in [6, 6.07) is 8.41. The normalized spacial score (nSPS) is 21.1. The van der Waals surface area contributed by atoms with Crippen LogP contribution in [0, 0.1) is 0 Å². The number of benzene rings is 1. The average Bonchev–Trinajstić information content (AvgIpc) is 2.91. The molecule has 0 saturated carbocycles. The maximum atomic E-state index is 10.2. The molecule has 1 aliphatic heterocycles. The highest BCUT2D eigenvalue weighted by Gasteiger charge is 2.17. The van der Waals surface area contributed by atoms with E-state index < -0.39 is 0 Å². The van der Waals surface area contributed by atoms with Crippen LogP contribution in [0.1, 0.15) is 70.1 Å². The van der Waals surface area contributed by atoms with Crippen LogP contribution in [0.5, 0.6) is 0 Å². The van der Waals surface area contributed by atoms with E-state index in [1.54, 1.807) is 0 Å². The van der Waals surface area contributed by atoms with Crippen molar-refractivity contribution in [3.63, 3.8) is 0 Å². The Labute approximate surface area is 123 Å². The third-order valence-corrected chi connectivity index (χ3v) is 4.19. The number of hydrogen-bond donors (Lipinski definition) is 1. The number of aliphatic hydroxyl groups excluding tert-OH is 1. The molecule has 2 heteroatoms. The van der Waals surface area contributed by atoms with Gasteiger partial charge in [0.15, 0.2) is 0 Å². The van der Waals surface area contributed by atoms with Gasteiger partial charge < -0.3 is 9.84 Å². The molecule has 20 heavy (non-hydrogen) atoms. The van der Waals surface area contributed by atoms with E-state index in [1.807, 2.05) is 0 Å². The zero-order chi connectivity index (χ0) is 14.6. The second-order valence-electron chi connectivity index (χ2n) is 6.95. The first-order valence-electron chi connectivity index (χ1n) is 7.87. The van der Waals surface area contributed by atoms with Crippen LogP contribution >= 0.6 is 0 Å². The molecule has 2 unspecified atom stereocenters. The zero-order valence-electron chi connectivity index (χ0n) is 13.1. The Kier molecular flexibility index (Phi) is 5.22. The summed E-state index contributed by atoms with van der Waals surface area (Å²) in [5.41, 5.74) is 2.52. The highest BCUT2D eigenvalue weighted by molar-refractivity contribution is 5.28. The second-order valence-corrected chi connectivity index (χ2v) is 6.95. The van der Waals surface area contributed by atoms with Crippen molar-refractivity contribution in [1.29, 1.82) is 0 Å². The lowest BCUT2D eigenvalue weighted by molar-refractivity contribution is 0.0944. The van der Waals surface area contributed by atoms with E-state index in [9.17, 15) is 5.11 Å². The number of hydrogen-bond acceptors (Lipinski definition) is 2. The summed E-state index contributed by atoms with van der Waals surface area (Å²) in [6.07, 6.45) is 5.42. The first kappa shape index (κ1) is 15.5. The van der Waals surface area contributed by atoms with Gasteiger partial charge in [-0.1, -0.05) is 45.0 Å². The lowest BCUT2D eigenvalue weighted by Gasteiger charge is -2.20. The molecule has 0 radical (unpaired) electrons. The molecule has 1 aliphatic rings. The van der Waals surface area contributed by atoms with E-state index >= 15 is 0 Å². The third-order valence-electron chi connectivity index (χ3n) is 4.19. The Balaban J connectivity index is 1.81. The summed E-state index contributed by atoms with van der Waals surface area (Å²) in [4.78, 5) is 0. The molecule has 2 rings (SSSR count). The predicted octanol–water partition coefficient (Wildman–Crippen LogP) is 4.37. The van der Waals surface area contributed by atoms with E-state index in [0.717, 1.165) is 31.4 Å². The van der Waals surface area contributed by atoms with Gasteiger partial charge in [0.25, 0.3) is 0 Å². The Bertz CT molecular complexity index is 396. The number of rotatable bonds is 5. The molecule has 2 atom stereocenters. The van der Waals surface area contributed by atoms with E-state index in [4.69, 9.17) is 4.74 Å². The Morgan fingerprint density at radius 1 is 1.25 bits per heavy atom. The molecular formula is C18H28O2. The zero-order valence-corrected chi connectivity index (χ0v) is 13.1. The van der Waals surface area contributed by atoms with E-state index in [1.165, 1.54) is 18.4 Å². The second kappa shape index (κ2) is 6.73. The fourth-order valence-electron chi connectivity index (χ4n) is 2.78. The maximum Gasteiger partial charge on any atom is 0.0790 e. The van der Waals surface area contributed by atoms with Gasteiger partial charge in [-0.05, 0) is 48.6 Å². The van der Waals surface area contributed by atoms with Gasteiger partial charge in [-0.3, -0.25) is 0 Å². The molecule has 1 N–H and O–H groups in total. The van der Waals surface area contributed by atoms with Crippen LogP contribution in [0.25, 0.3) is 0 Å². The van der Waals surface area contributed by atoms with Crippen LogP contribution in [-0.2, 0) is 10.2 Å². The van der Waals surface area contributed by atoms with Crippen LogP contribution in [0.2, 0.25) is 0 Å². The fourth-order valence-corrected chi connectivity index (χ4v) is 2.78. The molecule has 0 aromatic heterocycles. The Morgan fingerprint density at radius 3 is 2.50 bits per heavy atom. The molecule has 1 heterocycles. The minimum atomic E-state index is -0.342. The molecule has 1 aromatic carbocycles. The van der Waals surface area contributed by atoms with Crippen LogP contribution in [0.3, 0.4) is 0 Å². The van der Waals surface area contributed by atoms with Gasteiger partial charge in [-0.25, -0.2) is 0 Å². The van der Waals surface area contributed by atoms with Crippen molar-refractivity contribution in [2.75, 3.05) is 6.61 Å². The van der Waals surface area contributed by atoms with E-state index in [0.29, 0.717) is 6.10 Å². The molecule has 1 saturated heterocycles. The lowest BCUT2D eigenvalue weighted by atomic mass is 9.86. The standard InChI is InChI=1S/C18H28O2/c1-18(2,3)15-11-9-14(10-12-15)17(19)8-4-6-16-7-5-13-20-16/h9-12,16-17,19H,4-8,13H2,1-3H3. The van der Waals surface area contributed by atoms with Gasteiger partial charge in [0.1, 0.15) is 0 Å². The van der Waals surface area contributed by atoms with Gasteiger partial charge in [0.05, 0.1) is 12.2 Å². The van der Waals surface area contributed by atoms with Crippen molar-refractivity contribution in [1.82, 2.24) is 0 Å². The van der Waals surface area contributed by atoms with E-state index in [2.05, 4.69) is 45.0 Å². The fraction of sp³-hybridized carbons (Fsp3) is 0.667. The molecule has 112 valence electrons. The quantitative estimate of drug-likeness (QED) is 0.865. The van der Waals surface area contributed by atoms with Crippen molar-refractivity contribution in [2.45, 2.75) is 70.5 Å². The average molecular weight is 276 g/mol. The molecular weight excluding hydrogens is 248 g/mol. The number of ether oxygens (including phenoxy) is 1. The number of aliphatic hydroxyl groups is 1. The van der Waals surface area contributed by atoms with Crippen LogP contribution in [-0.4, -0.2) is 17.8 Å². The SMILES string of the molecule is CC(C)(C)c1ccc(C(O)CCCC2CCCO2)cc1. The first-order valence-corrected chi connectivity index (χ1v) is 7.87. The van der Waals surface area contributed by atoms with Gasteiger partial charge in [0.2, 0.25) is 0 Å². The maximum absolute atomic E-state index is 10.2. The molecule has 0 bridgehead atoms. The highest BCUT2D eigenvalue weighted by Crippen LogP contribution is 2.26. The summed E-state index contributed by atoms with van der Waals surface area (Å²) >= 11 is 0. The molecule has 0 amide bonds. The topological polar surface area (TPSA) is 29.5 Å². The molecule has 2 nitrogen and oxygen atoms in total. The summed E-state index contributed by atoms with van der Waals surface area (Å²) in [6.45, 7) is 7.54. The van der Waals surface area contributed by atoms with Crippen molar-refractivity contribution in [3.8, 4) is 0 Å². The molecule has 0 aliphatic carbocycles. The summed E-state index contributed by atoms with van der Waals surface area (Å²) in [5.74, 6) is 0. The minimum absolute atomic E-state index is 0.170. The predicted molar refractivity (Wildman–Crippen MR) is 82.9 cm³/mol. The highest BCUT2D eigenvalue weighted by atomic mass is 16.5. The van der Waals surface area contributed by atoms with Crippen molar-refractivity contribution in [2.24, 2.45) is 0 Å². The Hall–Kier alpha value is -0.860. The van der Waals surface area contributed by atoms with E-state index in [-0.39, 0.29) is 11.5 Å². The largest absolute Gasteiger partial charge is 0.388 e. The van der Waals surface area contributed by atoms with Crippen LogP contribution in [0.15, 0.2) is 24.3 Å². The van der Waals surface area contributed by atoms with Crippen LogP contribution in [0.4, 0.5) is 0 Å². The van der Waals surface area contributed by atoms with Gasteiger partial charge >= 0.3 is 0 Å². The van der Waals surface area contributed by atoms with Crippen LogP contribution < -0.4 is 0 Å². The van der Waals surface area contributed by atoms with Crippen molar-refractivity contribution >= 4 is 0 Å². The monoisotopic (exact) mass is 276 g/mol. The van der Waals surface area contributed by atoms with Crippen molar-refractivity contribution in [3.05, 3.63) is 35.4 Å². The summed E-state index contributed by atoms with van der Waals surface area (Å²) in [7, 11) is 0. The van der Waals surface area contributed by atoms with Gasteiger partial charge in [-0.15, -0.1) is 0 Å². The molecule has 0 spiro atoms. The Morgan fingerprint density at radius 2 is 1.95 bits per heavy atom. The summed E-state index contributed by atoms with van der Waals surface area (Å²) in [5, 5.41) is 10.2. The third kappa shape index (κ3) is 4.32. The first-order chi connectivity index (χ1) is 9.47. The molecule has 1 aromatic rings. The summed E-state index contributed by atoms with van der Waals surface area (Å²) < 4.78 is 5.61. The minimum Gasteiger partial charge on any atom is -0.388 e. The molecule has 1 fully saturated rings. The van der Waals surface area contributed by atoms with Gasteiger partial charge in [0, 0.05) is 6.61 Å². The van der Waals surface area contributed by atoms with Gasteiger partial charge in [-0.2, -0.15) is 0 Å². The lowest BCUT2D eigenvalue weighted by Crippen LogP contribution is -2.11. The smallest absolute Gasteiger partial charge is 0.0790 e. The van der Waals surface area contributed by atoms with Crippen molar-refractivity contribution < 1.29 is 9.84 Å².